The normalized spacial score (nSPS) is 18.1. The third-order valence-electron chi connectivity index (χ3n) is 5.28. The molecule has 3 N–H and O–H groups in total. The van der Waals surface area contributed by atoms with Gasteiger partial charge in [-0.1, -0.05) is 30.3 Å². The Labute approximate surface area is 157 Å². The second-order valence-electron chi connectivity index (χ2n) is 7.59. The van der Waals surface area contributed by atoms with E-state index in [4.69, 9.17) is 4.84 Å². The Kier molecular flexibility index (Phi) is 4.29. The van der Waals surface area contributed by atoms with Crippen molar-refractivity contribution in [1.82, 2.24) is 10.5 Å². The first-order valence-corrected chi connectivity index (χ1v) is 9.02. The molecule has 0 saturated carbocycles. The summed E-state index contributed by atoms with van der Waals surface area (Å²) in [6.07, 6.45) is 0. The number of aromatic amines is 1. The number of H-pyrrole nitrogens is 1. The summed E-state index contributed by atoms with van der Waals surface area (Å²) in [5.74, 6) is -0.212. The minimum absolute atomic E-state index is 0.219. The summed E-state index contributed by atoms with van der Waals surface area (Å²) in [6, 6.07) is 14.7. The first-order valence-electron chi connectivity index (χ1n) is 9.02. The van der Waals surface area contributed by atoms with E-state index in [0.717, 1.165) is 33.3 Å². The lowest BCUT2D eigenvalue weighted by atomic mass is 9.82. The number of rotatable bonds is 3. The third-order valence-corrected chi connectivity index (χ3v) is 5.28. The Morgan fingerprint density at radius 1 is 1.15 bits per heavy atom. The van der Waals surface area contributed by atoms with Crippen LogP contribution in [0.2, 0.25) is 0 Å². The lowest BCUT2D eigenvalue weighted by Crippen LogP contribution is -2.46. The van der Waals surface area contributed by atoms with Gasteiger partial charge in [0.25, 0.3) is 0 Å². The molecule has 0 spiro atoms. The van der Waals surface area contributed by atoms with E-state index in [2.05, 4.69) is 10.5 Å². The molecule has 0 amide bonds. The Hall–Kier alpha value is -2.63. The number of benzene rings is 2. The molecule has 1 atom stereocenters. The van der Waals surface area contributed by atoms with E-state index in [0.29, 0.717) is 0 Å². The highest BCUT2D eigenvalue weighted by atomic mass is 19.1. The van der Waals surface area contributed by atoms with Crippen molar-refractivity contribution in [3.8, 4) is 0 Å². The van der Waals surface area contributed by atoms with Crippen molar-refractivity contribution in [2.45, 2.75) is 32.2 Å². The Bertz CT molecular complexity index is 1020. The Morgan fingerprint density at radius 3 is 2.63 bits per heavy atom. The van der Waals surface area contributed by atoms with E-state index >= 15 is 0 Å². The Balaban J connectivity index is 1.97. The van der Waals surface area contributed by atoms with Gasteiger partial charge < -0.3 is 10.1 Å². The fourth-order valence-corrected chi connectivity index (χ4v) is 3.83. The summed E-state index contributed by atoms with van der Waals surface area (Å²) in [7, 11) is 0. The van der Waals surface area contributed by atoms with Gasteiger partial charge in [0, 0.05) is 22.2 Å². The summed E-state index contributed by atoms with van der Waals surface area (Å²) in [5.41, 5.74) is 6.79. The molecule has 4 rings (SSSR count). The predicted octanol–water partition coefficient (Wildman–Crippen LogP) is 4.87. The predicted molar refractivity (Wildman–Crippen MR) is 104 cm³/mol. The minimum Gasteiger partial charge on any atom is -0.510 e. The summed E-state index contributed by atoms with van der Waals surface area (Å²) in [6.45, 7) is 5.99. The highest BCUT2D eigenvalue weighted by Crippen LogP contribution is 2.40. The molecule has 1 aliphatic rings. The fraction of sp³-hybridized carbons (Fsp3) is 0.273. The zero-order valence-electron chi connectivity index (χ0n) is 15.6. The molecule has 0 fully saturated rings. The van der Waals surface area contributed by atoms with Crippen LogP contribution in [0.25, 0.3) is 10.9 Å². The van der Waals surface area contributed by atoms with E-state index in [1.807, 2.05) is 51.1 Å². The van der Waals surface area contributed by atoms with Gasteiger partial charge in [0.1, 0.15) is 11.6 Å². The average molecular weight is 366 g/mol. The van der Waals surface area contributed by atoms with Gasteiger partial charge in [-0.05, 0) is 50.1 Å². The second-order valence-corrected chi connectivity index (χ2v) is 7.59. The number of halogens is 1. The maximum absolute atomic E-state index is 13.8. The average Bonchev–Trinajstić information content (AvgIpc) is 2.96. The smallest absolute Gasteiger partial charge is 0.123 e. The summed E-state index contributed by atoms with van der Waals surface area (Å²) >= 11 is 0. The van der Waals surface area contributed by atoms with E-state index < -0.39 is 5.54 Å². The van der Waals surface area contributed by atoms with Crippen LogP contribution in [0, 0.1) is 12.7 Å². The lowest BCUT2D eigenvalue weighted by Gasteiger charge is -2.35. The molecule has 0 aliphatic carbocycles. The number of aryl methyl sites for hydroxylation is 1. The highest BCUT2D eigenvalue weighted by Gasteiger charge is 2.36. The summed E-state index contributed by atoms with van der Waals surface area (Å²) in [5, 5.41) is 11.8. The van der Waals surface area contributed by atoms with Crippen LogP contribution < -0.4 is 5.48 Å². The molecule has 0 saturated heterocycles. The van der Waals surface area contributed by atoms with Gasteiger partial charge in [0.2, 0.25) is 0 Å². The number of fused-ring (bicyclic) bond motifs is 1. The Morgan fingerprint density at radius 2 is 1.89 bits per heavy atom. The van der Waals surface area contributed by atoms with E-state index in [1.165, 1.54) is 6.07 Å². The van der Waals surface area contributed by atoms with Gasteiger partial charge in [0.15, 0.2) is 0 Å². The summed E-state index contributed by atoms with van der Waals surface area (Å²) < 4.78 is 13.8. The van der Waals surface area contributed by atoms with Crippen LogP contribution in [-0.2, 0) is 4.84 Å². The number of aliphatic hydroxyl groups is 1. The molecule has 1 unspecified atom stereocenters. The first kappa shape index (κ1) is 17.8. The van der Waals surface area contributed by atoms with Crippen LogP contribution in [-0.4, -0.2) is 22.2 Å². The highest BCUT2D eigenvalue weighted by molar-refractivity contribution is 5.85. The monoisotopic (exact) mass is 366 g/mol. The molecule has 5 heteroatoms. The van der Waals surface area contributed by atoms with Crippen molar-refractivity contribution in [3.63, 3.8) is 0 Å². The fourth-order valence-electron chi connectivity index (χ4n) is 3.83. The van der Waals surface area contributed by atoms with E-state index in [-0.39, 0.29) is 24.1 Å². The first-order chi connectivity index (χ1) is 12.9. The van der Waals surface area contributed by atoms with Gasteiger partial charge in [-0.3, -0.25) is 4.84 Å². The largest absolute Gasteiger partial charge is 0.510 e. The number of aromatic nitrogens is 1. The topological polar surface area (TPSA) is 57.3 Å². The van der Waals surface area contributed by atoms with Gasteiger partial charge in [-0.2, -0.15) is 5.48 Å². The van der Waals surface area contributed by atoms with Gasteiger partial charge in [-0.25, -0.2) is 4.39 Å². The molecule has 0 bridgehead atoms. The molecular weight excluding hydrogens is 343 g/mol. The van der Waals surface area contributed by atoms with Crippen molar-refractivity contribution in [3.05, 3.63) is 82.5 Å². The zero-order valence-corrected chi connectivity index (χ0v) is 15.6. The van der Waals surface area contributed by atoms with E-state index in [1.54, 1.807) is 12.1 Å². The van der Waals surface area contributed by atoms with Crippen LogP contribution in [0.4, 0.5) is 4.39 Å². The minimum atomic E-state index is -0.688. The number of hydroxylamine groups is 1. The molecule has 2 aromatic carbocycles. The zero-order chi connectivity index (χ0) is 19.2. The molecule has 27 heavy (non-hydrogen) atoms. The second kappa shape index (κ2) is 6.51. The van der Waals surface area contributed by atoms with Crippen LogP contribution in [0.1, 0.15) is 36.6 Å². The van der Waals surface area contributed by atoms with Crippen molar-refractivity contribution in [2.24, 2.45) is 0 Å². The van der Waals surface area contributed by atoms with Crippen molar-refractivity contribution < 1.29 is 14.3 Å². The van der Waals surface area contributed by atoms with Gasteiger partial charge in [0.05, 0.1) is 18.1 Å². The number of aliphatic hydroxyl groups excluding tert-OH is 1. The summed E-state index contributed by atoms with van der Waals surface area (Å²) in [4.78, 5) is 9.03. The number of hydrogen-bond donors (Lipinski definition) is 3. The lowest BCUT2D eigenvalue weighted by molar-refractivity contribution is -0.0218. The molecule has 4 nitrogen and oxygen atoms in total. The standard InChI is InChI=1S/C22H23FN2O2/c1-13-16-11-15(23)9-10-18(16)24-20(13)19(14-7-5-4-6-8-14)17-12-27-25-22(2,3)21(17)26/h4-11,19,24-26H,12H2,1-3H3. The van der Waals surface area contributed by atoms with Gasteiger partial charge in [-0.15, -0.1) is 0 Å². The molecule has 140 valence electrons. The maximum atomic E-state index is 13.8. The van der Waals surface area contributed by atoms with Crippen LogP contribution in [0.3, 0.4) is 0 Å². The van der Waals surface area contributed by atoms with Crippen molar-refractivity contribution in [1.29, 1.82) is 0 Å². The van der Waals surface area contributed by atoms with Crippen molar-refractivity contribution in [2.75, 3.05) is 6.61 Å². The quantitative estimate of drug-likeness (QED) is 0.620. The van der Waals surface area contributed by atoms with E-state index in [9.17, 15) is 9.50 Å². The molecule has 1 aromatic heterocycles. The van der Waals surface area contributed by atoms with Crippen LogP contribution in [0.5, 0.6) is 0 Å². The van der Waals surface area contributed by atoms with Crippen molar-refractivity contribution >= 4 is 10.9 Å². The molecule has 2 heterocycles. The third kappa shape index (κ3) is 3.03. The SMILES string of the molecule is Cc1c(C(C2=C(O)C(C)(C)NOC2)c2ccccc2)[nH]c2ccc(F)cc12. The molecule has 0 radical (unpaired) electrons. The van der Waals surface area contributed by atoms with Crippen LogP contribution in [0.15, 0.2) is 59.9 Å². The number of nitrogens with one attached hydrogen (secondary N) is 2. The van der Waals surface area contributed by atoms with Crippen LogP contribution >= 0.6 is 0 Å². The number of hydrogen-bond acceptors (Lipinski definition) is 3. The molecule has 1 aliphatic heterocycles. The molecule has 3 aromatic rings. The van der Waals surface area contributed by atoms with Gasteiger partial charge >= 0.3 is 0 Å². The maximum Gasteiger partial charge on any atom is 0.123 e. The molecular formula is C22H23FN2O2.